The van der Waals surface area contributed by atoms with Gasteiger partial charge in [-0.05, 0) is 63.4 Å². The monoisotopic (exact) mass is 549 g/mol. The summed E-state index contributed by atoms with van der Waals surface area (Å²) in [5, 5.41) is 44.6. The molecule has 0 aromatic heterocycles. The Balaban J connectivity index is 1.79. The molecule has 1 aromatic carbocycles. The Bertz CT molecular complexity index is 1260. The van der Waals surface area contributed by atoms with Crippen LogP contribution >= 0.6 is 0 Å². The highest BCUT2D eigenvalue weighted by Gasteiger charge is 2.58. The number of nitrogens with zero attached hydrogens (tertiary/aromatic N) is 2. The molecular formula is C28H37F2N3O6. The lowest BCUT2D eigenvalue weighted by Gasteiger charge is -2.50. The van der Waals surface area contributed by atoms with Crippen molar-refractivity contribution in [1.29, 1.82) is 0 Å². The standard InChI is InChI=1S/C28H37F2N3O6/c1-5-15-14(12-33-11-10-28(29,30)13-33)6-9-18(34)19(15)23(35)17-8-7-16-20(24(17)36)27(2,39)21(26(31)38)25(37)22(16)32(3)4/h6,9,16,20,22,34-35,37,39H,5,7-8,10-13H2,1-4H3,(H2,31,38)/t16?,20?,22-,27?/m0/s1. The van der Waals surface area contributed by atoms with Gasteiger partial charge in [0.25, 0.3) is 11.8 Å². The predicted molar refractivity (Wildman–Crippen MR) is 140 cm³/mol. The first-order valence-electron chi connectivity index (χ1n) is 13.1. The van der Waals surface area contributed by atoms with E-state index >= 15 is 0 Å². The zero-order valence-electron chi connectivity index (χ0n) is 22.7. The van der Waals surface area contributed by atoms with Crippen LogP contribution in [0.15, 0.2) is 29.0 Å². The molecule has 1 aromatic rings. The van der Waals surface area contributed by atoms with E-state index in [-0.39, 0.29) is 61.5 Å². The molecule has 1 aliphatic heterocycles. The van der Waals surface area contributed by atoms with E-state index < -0.39 is 52.4 Å². The van der Waals surface area contributed by atoms with Crippen LogP contribution in [-0.4, -0.2) is 86.7 Å². The van der Waals surface area contributed by atoms with Gasteiger partial charge in [-0.25, -0.2) is 8.78 Å². The maximum Gasteiger partial charge on any atom is 0.261 e. The van der Waals surface area contributed by atoms with Crippen molar-refractivity contribution >= 4 is 17.4 Å². The van der Waals surface area contributed by atoms with Crippen LogP contribution in [-0.2, 0) is 22.6 Å². The van der Waals surface area contributed by atoms with Crippen molar-refractivity contribution < 1.29 is 38.8 Å². The smallest absolute Gasteiger partial charge is 0.261 e. The van der Waals surface area contributed by atoms with Crippen molar-refractivity contribution in [3.05, 3.63) is 45.7 Å². The molecule has 1 amide bonds. The molecule has 2 aliphatic carbocycles. The van der Waals surface area contributed by atoms with Crippen molar-refractivity contribution in [1.82, 2.24) is 9.80 Å². The molecule has 1 saturated heterocycles. The van der Waals surface area contributed by atoms with Crippen LogP contribution < -0.4 is 5.73 Å². The molecule has 4 rings (SSSR count). The van der Waals surface area contributed by atoms with E-state index in [1.807, 2.05) is 0 Å². The minimum absolute atomic E-state index is 0.0194. The van der Waals surface area contributed by atoms with Crippen LogP contribution in [0, 0.1) is 11.8 Å². The molecule has 3 unspecified atom stereocenters. The highest BCUT2D eigenvalue weighted by molar-refractivity contribution is 6.07. The third-order valence-electron chi connectivity index (χ3n) is 8.50. The normalized spacial score (nSPS) is 30.6. The summed E-state index contributed by atoms with van der Waals surface area (Å²) in [6, 6.07) is 2.24. The summed E-state index contributed by atoms with van der Waals surface area (Å²) in [6.07, 6.45) is 0.493. The van der Waals surface area contributed by atoms with E-state index in [2.05, 4.69) is 0 Å². The number of benzene rings is 1. The molecule has 214 valence electrons. The molecule has 1 heterocycles. The fraction of sp³-hybridized carbons (Fsp3) is 0.571. The lowest BCUT2D eigenvalue weighted by molar-refractivity contribution is -0.137. The number of likely N-dealkylation sites (tertiary alicyclic amines) is 1. The highest BCUT2D eigenvalue weighted by Crippen LogP contribution is 2.50. The number of amides is 1. The van der Waals surface area contributed by atoms with Gasteiger partial charge in [0.2, 0.25) is 0 Å². The second kappa shape index (κ2) is 10.2. The first-order valence-corrected chi connectivity index (χ1v) is 13.1. The van der Waals surface area contributed by atoms with Gasteiger partial charge in [0, 0.05) is 25.1 Å². The van der Waals surface area contributed by atoms with E-state index in [0.29, 0.717) is 17.5 Å². The summed E-state index contributed by atoms with van der Waals surface area (Å²) < 4.78 is 27.6. The molecule has 0 bridgehead atoms. The van der Waals surface area contributed by atoms with Gasteiger partial charge < -0.3 is 26.2 Å². The van der Waals surface area contributed by atoms with Crippen LogP contribution in [0.4, 0.5) is 8.78 Å². The molecular weight excluding hydrogens is 512 g/mol. The first kappa shape index (κ1) is 29.0. The summed E-state index contributed by atoms with van der Waals surface area (Å²) in [5.74, 6) is -7.30. The largest absolute Gasteiger partial charge is 0.510 e. The first-order chi connectivity index (χ1) is 18.1. The molecule has 0 spiro atoms. The number of rotatable bonds is 6. The fourth-order valence-corrected chi connectivity index (χ4v) is 6.83. The van der Waals surface area contributed by atoms with Gasteiger partial charge in [-0.3, -0.25) is 19.4 Å². The maximum atomic E-state index is 14.0. The topological polar surface area (TPSA) is 148 Å². The minimum atomic E-state index is -2.77. The number of Topliss-reactive ketones (excluding diaryl/α,β-unsaturated/α-hetero) is 1. The fourth-order valence-electron chi connectivity index (χ4n) is 6.83. The van der Waals surface area contributed by atoms with Gasteiger partial charge in [-0.15, -0.1) is 0 Å². The lowest BCUT2D eigenvalue weighted by atomic mass is 9.59. The van der Waals surface area contributed by atoms with Gasteiger partial charge in [0.15, 0.2) is 5.78 Å². The lowest BCUT2D eigenvalue weighted by Crippen LogP contribution is -2.60. The summed E-state index contributed by atoms with van der Waals surface area (Å²) in [5.41, 5.74) is 4.18. The highest BCUT2D eigenvalue weighted by atomic mass is 19.3. The number of hydrogen-bond acceptors (Lipinski definition) is 8. The molecule has 3 aliphatic rings. The third kappa shape index (κ3) is 4.92. The van der Waals surface area contributed by atoms with Gasteiger partial charge in [0.05, 0.1) is 29.6 Å². The van der Waals surface area contributed by atoms with Crippen LogP contribution in [0.25, 0.3) is 5.76 Å². The number of allylic oxidation sites excluding steroid dienone is 1. The van der Waals surface area contributed by atoms with Crippen LogP contribution in [0.5, 0.6) is 5.75 Å². The van der Waals surface area contributed by atoms with Gasteiger partial charge in [-0.1, -0.05) is 13.0 Å². The van der Waals surface area contributed by atoms with E-state index in [4.69, 9.17) is 5.73 Å². The van der Waals surface area contributed by atoms with Crippen molar-refractivity contribution in [2.24, 2.45) is 17.6 Å². The molecule has 39 heavy (non-hydrogen) atoms. The summed E-state index contributed by atoms with van der Waals surface area (Å²) in [7, 11) is 3.36. The van der Waals surface area contributed by atoms with E-state index in [1.54, 1.807) is 36.9 Å². The van der Waals surface area contributed by atoms with Crippen molar-refractivity contribution in [3.63, 3.8) is 0 Å². The number of carbonyl (C=O) groups excluding carboxylic acids is 2. The van der Waals surface area contributed by atoms with Crippen LogP contribution in [0.2, 0.25) is 0 Å². The van der Waals surface area contributed by atoms with Crippen molar-refractivity contribution in [2.45, 2.75) is 63.6 Å². The number of aliphatic hydroxyl groups excluding tert-OH is 2. The Hall–Kier alpha value is -3.02. The van der Waals surface area contributed by atoms with Crippen molar-refractivity contribution in [2.75, 3.05) is 27.2 Å². The Morgan fingerprint density at radius 2 is 1.92 bits per heavy atom. The number of phenols is 1. The summed E-state index contributed by atoms with van der Waals surface area (Å²) >= 11 is 0. The average Bonchev–Trinajstić information content (AvgIpc) is 3.16. The Kier molecular flexibility index (Phi) is 7.57. The maximum absolute atomic E-state index is 14.0. The van der Waals surface area contributed by atoms with E-state index in [9.17, 15) is 38.8 Å². The van der Waals surface area contributed by atoms with E-state index in [0.717, 1.165) is 0 Å². The van der Waals surface area contributed by atoms with Crippen LogP contribution in [0.1, 0.15) is 49.8 Å². The number of halogens is 2. The number of alkyl halides is 2. The number of likely N-dealkylation sites (N-methyl/N-ethyl adjacent to an activating group) is 1. The van der Waals surface area contributed by atoms with Crippen LogP contribution in [0.3, 0.4) is 0 Å². The van der Waals surface area contributed by atoms with Gasteiger partial charge in [-0.2, -0.15) is 0 Å². The molecule has 4 atom stereocenters. The second-order valence-electron chi connectivity index (χ2n) is 11.3. The predicted octanol–water partition coefficient (Wildman–Crippen LogP) is 2.65. The number of ketones is 1. The zero-order valence-corrected chi connectivity index (χ0v) is 22.7. The zero-order chi connectivity index (χ0) is 29.0. The summed E-state index contributed by atoms with van der Waals surface area (Å²) in [4.78, 5) is 29.5. The summed E-state index contributed by atoms with van der Waals surface area (Å²) in [6.45, 7) is 3.08. The molecule has 0 radical (unpaired) electrons. The molecule has 1 saturated carbocycles. The number of aromatic hydroxyl groups is 1. The molecule has 9 nitrogen and oxygen atoms in total. The number of aliphatic hydroxyl groups is 3. The van der Waals surface area contributed by atoms with E-state index in [1.165, 1.54) is 13.0 Å². The Labute approximate surface area is 226 Å². The van der Waals surface area contributed by atoms with Crippen molar-refractivity contribution in [3.8, 4) is 5.75 Å². The number of fused-ring (bicyclic) bond motifs is 1. The SMILES string of the molecule is CCc1c(CN2CCC(F)(F)C2)ccc(O)c1C(O)=C1CCC2C(C1=O)C(C)(O)C(C(N)=O)=C(O)[C@H]2N(C)C. The number of carbonyl (C=O) groups is 2. The minimum Gasteiger partial charge on any atom is -0.510 e. The quantitative estimate of drug-likeness (QED) is 0.269. The second-order valence-corrected chi connectivity index (χ2v) is 11.3. The average molecular weight is 550 g/mol. The number of hydrogen-bond donors (Lipinski definition) is 5. The number of primary amides is 1. The molecule has 6 N–H and O–H groups in total. The Morgan fingerprint density at radius 1 is 1.26 bits per heavy atom. The molecule has 11 heteroatoms. The third-order valence-corrected chi connectivity index (χ3v) is 8.50. The van der Waals surface area contributed by atoms with Gasteiger partial charge in [0.1, 0.15) is 22.9 Å². The Morgan fingerprint density at radius 3 is 2.46 bits per heavy atom. The molecule has 2 fully saturated rings. The van der Waals surface area contributed by atoms with Gasteiger partial charge >= 0.3 is 0 Å². The number of nitrogens with two attached hydrogens (primary N) is 1. The number of phenolic OH excluding ortho intramolecular Hbond substituents is 1.